The first-order valence-corrected chi connectivity index (χ1v) is 23.5. The van der Waals surface area contributed by atoms with Crippen LogP contribution in [0.3, 0.4) is 0 Å². The number of aliphatic hydroxyl groups is 4. The summed E-state index contributed by atoms with van der Waals surface area (Å²) in [6, 6.07) is 38.8. The third-order valence-corrected chi connectivity index (χ3v) is 9.88. The van der Waals surface area contributed by atoms with Crippen molar-refractivity contribution in [2.75, 3.05) is 49.7 Å². The van der Waals surface area contributed by atoms with Crippen molar-refractivity contribution in [2.45, 2.75) is 118 Å². The number of ketones is 2. The molecule has 0 spiro atoms. The molecule has 0 aromatic heterocycles. The molecule has 0 bridgehead atoms. The Kier molecular flexibility index (Phi) is 105. The van der Waals surface area contributed by atoms with Crippen molar-refractivity contribution in [3.63, 3.8) is 0 Å². The number of methoxy groups -OCH3 is 2. The van der Waals surface area contributed by atoms with Crippen LogP contribution in [-0.2, 0) is 28.1 Å². The number of rotatable bonds is 6. The Bertz CT molecular complexity index is 1750. The van der Waals surface area contributed by atoms with Gasteiger partial charge in [0.2, 0.25) is 0 Å². The number of alkyl halides is 1. The minimum absolute atomic E-state index is 0. The number of hydrogen-bond donors (Lipinski definition) is 8. The zero-order chi connectivity index (χ0) is 63.2. The number of aliphatic hydroxyl groups excluding tert-OH is 4. The van der Waals surface area contributed by atoms with Gasteiger partial charge in [-0.15, -0.1) is 0 Å². The van der Waals surface area contributed by atoms with Crippen LogP contribution in [0.25, 0.3) is 0 Å². The molecule has 4 aromatic carbocycles. The molecule has 2 aliphatic heterocycles. The molecule has 8 N–H and O–H groups in total. The smallest absolute Gasteiger partial charge is 1.00 e. The summed E-state index contributed by atoms with van der Waals surface area (Å²) in [5.41, 5.74) is 3.25. The van der Waals surface area contributed by atoms with Crippen molar-refractivity contribution >= 4 is 132 Å². The molecule has 2 atom stereocenters. The average molecular weight is 1260 g/mol. The van der Waals surface area contributed by atoms with E-state index in [0.29, 0.717) is 7.18 Å². The van der Waals surface area contributed by atoms with E-state index in [1.54, 1.807) is 28.1 Å². The summed E-state index contributed by atoms with van der Waals surface area (Å²) in [4.78, 5) is 21.3. The first-order chi connectivity index (χ1) is 36.9. The summed E-state index contributed by atoms with van der Waals surface area (Å²) >= 11 is 0. The summed E-state index contributed by atoms with van der Waals surface area (Å²) in [6.07, 6.45) is 0.419. The Labute approximate surface area is 546 Å². The van der Waals surface area contributed by atoms with E-state index in [-0.39, 0.29) is 134 Å². The third kappa shape index (κ3) is 60.9. The molecule has 0 aliphatic carbocycles. The van der Waals surface area contributed by atoms with E-state index < -0.39 is 28.3 Å². The number of carbonyl (C=O) groups excluding carboxylic acids is 2. The molecule has 0 saturated carbocycles. The minimum atomic E-state index is -0.500. The van der Waals surface area contributed by atoms with Crippen LogP contribution in [0.2, 0.25) is 0 Å². The van der Waals surface area contributed by atoms with Gasteiger partial charge in [0.05, 0.1) is 47.3 Å². The summed E-state index contributed by atoms with van der Waals surface area (Å²) in [7, 11) is 13.7. The first kappa shape index (κ1) is 103. The van der Waals surface area contributed by atoms with Crippen molar-refractivity contribution in [3.05, 3.63) is 144 Å². The Morgan fingerprint density at radius 2 is 0.625 bits per heavy atom. The van der Waals surface area contributed by atoms with Crippen molar-refractivity contribution in [1.82, 2.24) is 0 Å². The van der Waals surface area contributed by atoms with Gasteiger partial charge in [-0.3, -0.25) is 34.6 Å². The van der Waals surface area contributed by atoms with Crippen LogP contribution < -0.4 is 14.1 Å². The maximum Gasteiger partial charge on any atom is 2.00 e. The van der Waals surface area contributed by atoms with Gasteiger partial charge in [0.15, 0.2) is 11.6 Å². The maximum atomic E-state index is 10.6. The molecular weight excluding hydrogens is 1160 g/mol. The van der Waals surface area contributed by atoms with E-state index >= 15 is 0 Å². The largest absolute Gasteiger partial charge is 2.00 e. The summed E-state index contributed by atoms with van der Waals surface area (Å²) in [6.45, 7) is 23.3. The monoisotopic (exact) mass is 1260 g/mol. The second kappa shape index (κ2) is 81.6. The molecule has 6 rings (SSSR count). The van der Waals surface area contributed by atoms with Gasteiger partial charge >= 0.3 is 84.5 Å². The van der Waals surface area contributed by atoms with E-state index in [2.05, 4.69) is 60.4 Å². The van der Waals surface area contributed by atoms with Gasteiger partial charge in [0.1, 0.15) is 0 Å². The van der Waals surface area contributed by atoms with Crippen LogP contribution in [0, 0.1) is 20.6 Å². The molecule has 450 valence electrons. The molecule has 2 saturated heterocycles. The molecule has 16 nitrogen and oxygen atoms in total. The number of hydrogen-bond acceptors (Lipinski definition) is 16. The van der Waals surface area contributed by atoms with Crippen LogP contribution in [0.5, 0.6) is 0 Å². The fourth-order valence-electron chi connectivity index (χ4n) is 4.16. The maximum absolute atomic E-state index is 10.6. The number of nitrogens with one attached hydrogen (secondary N) is 4. The predicted octanol–water partition coefficient (Wildman–Crippen LogP) is 3.61. The van der Waals surface area contributed by atoms with Gasteiger partial charge in [-0.25, -0.2) is 0 Å². The SMILES string of the molecule is CC(=O)c1ccccc1.CC(=O)c1ccccc1.CC1(C)O[B]OC1(C)C.CC1(C)O[B]OC1(C)C.CF.COC(C)c1ccccc1.COC(C)c1ccccc1.N=P.N=P.N=P.N=P.[3H]CO.[3H]CO.[3H]CO.[3H]CO.[F-].[F-].[F-].[H-].[H-].[H-].[Mg+2].[Mg+2].[Mg+2]. The normalized spacial score (nSPS) is 13.2. The van der Waals surface area contributed by atoms with Crippen LogP contribution >= 0.6 is 36.1 Å². The number of benzene rings is 4. The molecule has 0 amide bonds. The molecule has 2 radical (unpaired) electrons. The summed E-state index contributed by atoms with van der Waals surface area (Å²) in [5.74, 6) is 0.242. The molecule has 2 unspecified atom stereocenters. The average Bonchev–Trinajstić information content (AvgIpc) is 3.86. The van der Waals surface area contributed by atoms with Gasteiger partial charge in [-0.05, 0) is 130 Å². The second-order valence-corrected chi connectivity index (χ2v) is 15.1. The molecule has 2 aliphatic rings. The van der Waals surface area contributed by atoms with E-state index in [0.717, 1.165) is 11.1 Å². The van der Waals surface area contributed by atoms with E-state index in [4.69, 9.17) is 74.6 Å². The molecule has 29 heteroatoms. The zero-order valence-corrected chi connectivity index (χ0v) is 57.6. The number of carbonyl (C=O) groups is 2. The Balaban J connectivity index is -0.0000000377. The first-order valence-electron chi connectivity index (χ1n) is 24.3. The van der Waals surface area contributed by atoms with Crippen LogP contribution in [0.1, 0.15) is 137 Å². The number of halogens is 4. The van der Waals surface area contributed by atoms with Gasteiger partial charge in [0.25, 0.3) is 0 Å². The predicted molar refractivity (Wildman–Crippen MR) is 333 cm³/mol. The molecule has 2 heterocycles. The van der Waals surface area contributed by atoms with Gasteiger partial charge in [0, 0.05) is 53.7 Å². The Hall–Kier alpha value is -1.63. The summed E-state index contributed by atoms with van der Waals surface area (Å²) < 4.78 is 63.7. The van der Waals surface area contributed by atoms with Crippen LogP contribution in [0.4, 0.5) is 4.39 Å². The van der Waals surface area contributed by atoms with Gasteiger partial charge < -0.3 is 66.9 Å². The van der Waals surface area contributed by atoms with Crippen molar-refractivity contribution in [2.24, 2.45) is 0 Å². The van der Waals surface area contributed by atoms with Gasteiger partial charge in [-0.2, -0.15) is 0 Å². The van der Waals surface area contributed by atoms with Crippen LogP contribution in [-0.4, -0.2) is 189 Å². The third-order valence-electron chi connectivity index (χ3n) is 9.88. The molecular formula is C51H94B2F4Mg3N4O12P4. The van der Waals surface area contributed by atoms with Crippen LogP contribution in [0.15, 0.2) is 121 Å². The quantitative estimate of drug-likeness (QED) is 0.0596. The molecule has 4 aromatic rings. The standard InChI is InChI=1S/2C9H12O.2C8H8O.2C6H12BO2.CH3F.4CH4O.3FH.3Mg.4H2NP.3H/c2*1-8(10-2)9-6-4-3-5-7-9;2*1-7(9)8-5-3-2-4-6-8;2*1-5(2)6(3,4)9-7-8-5;5*1-2;;;;;;;4*1-2;;;/h2*3-8H,1-2H3;2*2-6H,1H3;2*1-4H3;1H3;4*2H,1H3;3*1H;;;;4*1-2H;;;/q;;;;;;;;;;;;;;3*+2;;;;;3*-1/p-3/i;;;;;;;4*1T;;;;;;;;;;;;;. The fourth-order valence-corrected chi connectivity index (χ4v) is 4.16. The fraction of sp³-hybridized carbons (Fsp3) is 0.490. The Morgan fingerprint density at radius 1 is 0.475 bits per heavy atom. The van der Waals surface area contributed by atoms with Crippen molar-refractivity contribution in [3.8, 4) is 0 Å². The number of ether oxygens (including phenoxy) is 2. The zero-order valence-electron chi connectivity index (χ0n) is 56.4. The number of Topliss-reactive ketones (excluding diaryl/α,β-unsaturated/α-hetero) is 2. The van der Waals surface area contributed by atoms with E-state index in [1.807, 2.05) is 166 Å². The minimum Gasteiger partial charge on any atom is -1.00 e. The summed E-state index contributed by atoms with van der Waals surface area (Å²) in [5, 5.41) is 51.2. The van der Waals surface area contributed by atoms with Crippen molar-refractivity contribution < 1.29 is 86.4 Å². The molecule has 80 heavy (non-hydrogen) atoms. The van der Waals surface area contributed by atoms with E-state index in [9.17, 15) is 14.0 Å². The van der Waals surface area contributed by atoms with Crippen molar-refractivity contribution in [1.29, 1.82) is 20.6 Å². The molecule has 2 fully saturated rings. The topological polar surface area (TPSA) is 266 Å². The second-order valence-electron chi connectivity index (χ2n) is 15.1. The van der Waals surface area contributed by atoms with E-state index in [1.165, 1.54) is 26.5 Å². The van der Waals surface area contributed by atoms with Gasteiger partial charge in [-0.1, -0.05) is 121 Å². The Morgan fingerprint density at radius 3 is 0.725 bits per heavy atom.